The summed E-state index contributed by atoms with van der Waals surface area (Å²) in [6.45, 7) is 5.93. The number of benzene rings is 2. The summed E-state index contributed by atoms with van der Waals surface area (Å²) in [6, 6.07) is 14.9. The summed E-state index contributed by atoms with van der Waals surface area (Å²) in [7, 11) is 0. The fourth-order valence-electron chi connectivity index (χ4n) is 5.59. The normalized spacial score (nSPS) is 19.5. The molecule has 2 aromatic carbocycles. The largest absolute Gasteiger partial charge is 0.396 e. The summed E-state index contributed by atoms with van der Waals surface area (Å²) in [4.78, 5) is 2.59. The number of hydrogen-bond acceptors (Lipinski definition) is 4. The van der Waals surface area contributed by atoms with E-state index in [0.29, 0.717) is 6.61 Å². The summed E-state index contributed by atoms with van der Waals surface area (Å²) >= 11 is 0. The van der Waals surface area contributed by atoms with Gasteiger partial charge in [0.05, 0.1) is 5.69 Å². The zero-order valence-corrected chi connectivity index (χ0v) is 18.6. The van der Waals surface area contributed by atoms with Gasteiger partial charge in [0.25, 0.3) is 0 Å². The molecule has 2 heterocycles. The van der Waals surface area contributed by atoms with Gasteiger partial charge in [-0.05, 0) is 81.6 Å². The highest BCUT2D eigenvalue weighted by atomic mass is 16.5. The lowest BCUT2D eigenvalue weighted by atomic mass is 9.69. The van der Waals surface area contributed by atoms with Crippen molar-refractivity contribution in [3.63, 3.8) is 0 Å². The Hall–Kier alpha value is -2.17. The molecule has 1 aromatic heterocycles. The van der Waals surface area contributed by atoms with E-state index in [1.54, 1.807) is 0 Å². The molecule has 1 saturated heterocycles. The minimum atomic E-state index is 0.211. The van der Waals surface area contributed by atoms with Crippen molar-refractivity contribution in [2.24, 2.45) is 11.3 Å². The van der Waals surface area contributed by atoms with E-state index >= 15 is 0 Å². The van der Waals surface area contributed by atoms with Crippen molar-refractivity contribution < 1.29 is 9.63 Å². The Morgan fingerprint density at radius 3 is 2.55 bits per heavy atom. The zero-order chi connectivity index (χ0) is 21.3. The molecule has 0 spiro atoms. The highest BCUT2D eigenvalue weighted by molar-refractivity contribution is 5.88. The van der Waals surface area contributed by atoms with Crippen molar-refractivity contribution in [3.8, 4) is 11.1 Å². The van der Waals surface area contributed by atoms with Crippen molar-refractivity contribution in [1.29, 1.82) is 0 Å². The number of aromatic nitrogens is 1. The Kier molecular flexibility index (Phi) is 5.85. The molecule has 1 aliphatic carbocycles. The minimum absolute atomic E-state index is 0.211. The molecule has 4 heteroatoms. The van der Waals surface area contributed by atoms with Crippen molar-refractivity contribution in [2.45, 2.75) is 51.9 Å². The molecule has 0 bridgehead atoms. The molecular weight excluding hydrogens is 384 g/mol. The van der Waals surface area contributed by atoms with Gasteiger partial charge in [0.15, 0.2) is 5.58 Å². The fraction of sp³-hybridized carbons (Fsp3) is 0.519. The third kappa shape index (κ3) is 4.16. The molecule has 0 atom stereocenters. The van der Waals surface area contributed by atoms with E-state index in [0.717, 1.165) is 30.2 Å². The summed E-state index contributed by atoms with van der Waals surface area (Å²) < 4.78 is 5.80. The summed E-state index contributed by atoms with van der Waals surface area (Å²) in [5.74, 6) is 0.763. The molecule has 2 fully saturated rings. The molecule has 0 unspecified atom stereocenters. The number of rotatable bonds is 7. The first kappa shape index (κ1) is 20.7. The topological polar surface area (TPSA) is 49.5 Å². The van der Waals surface area contributed by atoms with Gasteiger partial charge in [0.1, 0.15) is 0 Å². The maximum absolute atomic E-state index is 9.75. The number of aryl methyl sites for hydroxylation is 2. The fourth-order valence-corrected chi connectivity index (χ4v) is 5.59. The van der Waals surface area contributed by atoms with Gasteiger partial charge in [-0.2, -0.15) is 0 Å². The highest BCUT2D eigenvalue weighted by Gasteiger charge is 2.38. The molecular formula is C27H34N2O2. The van der Waals surface area contributed by atoms with Crippen LogP contribution >= 0.6 is 0 Å². The lowest BCUT2D eigenvalue weighted by Gasteiger charge is -2.45. The first-order valence-corrected chi connectivity index (χ1v) is 11.9. The lowest BCUT2D eigenvalue weighted by Crippen LogP contribution is -2.47. The van der Waals surface area contributed by atoms with E-state index in [2.05, 4.69) is 53.4 Å². The van der Waals surface area contributed by atoms with Crippen LogP contribution in [0.25, 0.3) is 22.1 Å². The molecule has 1 aliphatic heterocycles. The van der Waals surface area contributed by atoms with E-state index in [1.165, 1.54) is 73.7 Å². The average Bonchev–Trinajstić information content (AvgIpc) is 3.20. The van der Waals surface area contributed by atoms with Crippen molar-refractivity contribution >= 4 is 11.0 Å². The third-order valence-corrected chi connectivity index (χ3v) is 7.85. The number of aliphatic hydroxyl groups is 1. The van der Waals surface area contributed by atoms with Crippen molar-refractivity contribution in [3.05, 3.63) is 53.7 Å². The van der Waals surface area contributed by atoms with E-state index in [9.17, 15) is 5.11 Å². The Labute approximate surface area is 185 Å². The number of nitrogens with zero attached hydrogens (tertiary/aromatic N) is 2. The maximum atomic E-state index is 9.75. The predicted molar refractivity (Wildman–Crippen MR) is 125 cm³/mol. The van der Waals surface area contributed by atoms with Crippen LogP contribution in [0.1, 0.15) is 49.8 Å². The summed E-state index contributed by atoms with van der Waals surface area (Å²) in [5, 5.41) is 15.4. The Balaban J connectivity index is 1.20. The van der Waals surface area contributed by atoms with Gasteiger partial charge < -0.3 is 14.5 Å². The highest BCUT2D eigenvalue weighted by Crippen LogP contribution is 2.41. The van der Waals surface area contributed by atoms with Crippen LogP contribution in [0.4, 0.5) is 0 Å². The molecule has 164 valence electrons. The van der Waals surface area contributed by atoms with Gasteiger partial charge in [-0.15, -0.1) is 0 Å². The number of aliphatic hydroxyl groups excluding tert-OH is 1. The van der Waals surface area contributed by atoms with Gasteiger partial charge in [-0.25, -0.2) is 0 Å². The molecule has 0 amide bonds. The average molecular weight is 419 g/mol. The number of piperidine rings is 1. The van der Waals surface area contributed by atoms with Crippen LogP contribution in [0.3, 0.4) is 0 Å². The molecule has 5 rings (SSSR count). The lowest BCUT2D eigenvalue weighted by molar-refractivity contribution is -0.00152. The van der Waals surface area contributed by atoms with Crippen LogP contribution in [-0.4, -0.2) is 41.4 Å². The first-order chi connectivity index (χ1) is 15.2. The maximum Gasteiger partial charge on any atom is 0.170 e. The van der Waals surface area contributed by atoms with Crippen molar-refractivity contribution in [1.82, 2.24) is 10.1 Å². The van der Waals surface area contributed by atoms with Crippen LogP contribution in [0, 0.1) is 18.3 Å². The Bertz CT molecular complexity index is 1010. The zero-order valence-electron chi connectivity index (χ0n) is 18.6. The van der Waals surface area contributed by atoms with E-state index in [4.69, 9.17) is 4.52 Å². The van der Waals surface area contributed by atoms with E-state index < -0.39 is 0 Å². The van der Waals surface area contributed by atoms with Gasteiger partial charge in [-0.3, -0.25) is 0 Å². The van der Waals surface area contributed by atoms with Crippen LogP contribution in [0.15, 0.2) is 47.0 Å². The second kappa shape index (κ2) is 8.76. The van der Waals surface area contributed by atoms with Crippen LogP contribution < -0.4 is 0 Å². The number of likely N-dealkylation sites (tertiary alicyclic amines) is 1. The molecule has 3 aromatic rings. The van der Waals surface area contributed by atoms with Crippen LogP contribution in [0.5, 0.6) is 0 Å². The molecule has 2 aliphatic rings. The number of hydrogen-bond donors (Lipinski definition) is 1. The first-order valence-electron chi connectivity index (χ1n) is 11.9. The molecule has 31 heavy (non-hydrogen) atoms. The van der Waals surface area contributed by atoms with E-state index in [1.807, 2.05) is 6.07 Å². The quantitative estimate of drug-likeness (QED) is 0.542. The Morgan fingerprint density at radius 2 is 1.87 bits per heavy atom. The summed E-state index contributed by atoms with van der Waals surface area (Å²) in [5.41, 5.74) is 5.86. The number of fused-ring (bicyclic) bond motifs is 1. The SMILES string of the molecule is Cc1c(-c2ccccc2)ccc2c(CCC3CCN(CC4(CO)CCC4)CC3)noc12. The van der Waals surface area contributed by atoms with E-state index in [-0.39, 0.29) is 5.41 Å². The summed E-state index contributed by atoms with van der Waals surface area (Å²) in [6.07, 6.45) is 8.38. The van der Waals surface area contributed by atoms with Gasteiger partial charge in [-0.1, -0.05) is 48.0 Å². The van der Waals surface area contributed by atoms with Crippen LogP contribution in [-0.2, 0) is 6.42 Å². The third-order valence-electron chi connectivity index (χ3n) is 7.85. The minimum Gasteiger partial charge on any atom is -0.396 e. The smallest absolute Gasteiger partial charge is 0.170 e. The standard InChI is InChI=1S/C27H34N2O2/c1-20-23(22-6-3-2-4-7-22)9-10-24-25(28-31-26(20)24)11-8-21-12-16-29(17-13-21)18-27(19-30)14-5-15-27/h2-4,6-7,9-10,21,30H,5,8,11-19H2,1H3. The second-order valence-corrected chi connectivity index (χ2v) is 9.88. The molecule has 1 saturated carbocycles. The predicted octanol–water partition coefficient (Wildman–Crippen LogP) is 5.61. The van der Waals surface area contributed by atoms with Gasteiger partial charge >= 0.3 is 0 Å². The molecule has 4 nitrogen and oxygen atoms in total. The van der Waals surface area contributed by atoms with Crippen LogP contribution in [0.2, 0.25) is 0 Å². The van der Waals surface area contributed by atoms with Gasteiger partial charge in [0, 0.05) is 29.5 Å². The molecule has 0 radical (unpaired) electrons. The monoisotopic (exact) mass is 418 g/mol. The molecule has 1 N–H and O–H groups in total. The van der Waals surface area contributed by atoms with Crippen molar-refractivity contribution in [2.75, 3.05) is 26.2 Å². The van der Waals surface area contributed by atoms with Gasteiger partial charge in [0.2, 0.25) is 0 Å². The Morgan fingerprint density at radius 1 is 1.10 bits per heavy atom. The second-order valence-electron chi connectivity index (χ2n) is 9.88.